The summed E-state index contributed by atoms with van der Waals surface area (Å²) in [4.78, 5) is 0. The Bertz CT molecular complexity index is 3130. The van der Waals surface area contributed by atoms with E-state index >= 15 is 0 Å². The Labute approximate surface area is 298 Å². The summed E-state index contributed by atoms with van der Waals surface area (Å²) >= 11 is 1.87. The molecule has 2 nitrogen and oxygen atoms in total. The van der Waals surface area contributed by atoms with Gasteiger partial charge in [0.1, 0.15) is 0 Å². The van der Waals surface area contributed by atoms with E-state index in [-0.39, 0.29) is 0 Å². The van der Waals surface area contributed by atoms with E-state index in [0.29, 0.717) is 0 Å². The van der Waals surface area contributed by atoms with Crippen LogP contribution >= 0.6 is 11.3 Å². The topological polar surface area (TPSA) is 9.86 Å². The molecule has 0 N–H and O–H groups in total. The van der Waals surface area contributed by atoms with Crippen LogP contribution in [0.15, 0.2) is 182 Å². The van der Waals surface area contributed by atoms with Crippen molar-refractivity contribution < 1.29 is 0 Å². The molecule has 0 spiro atoms. The Hall–Kier alpha value is -6.42. The van der Waals surface area contributed by atoms with Crippen LogP contribution in [0.1, 0.15) is 0 Å². The minimum absolute atomic E-state index is 1.17. The number of hydrogen-bond donors (Lipinski definition) is 0. The van der Waals surface area contributed by atoms with Crippen molar-refractivity contribution in [1.82, 2.24) is 9.13 Å². The SMILES string of the molecule is c1ccc(-n2c3ccccc3c3cc(-c4ccc5c(c4)c4cc(-c6ccc7c(c6)sc6ccccc67)ccc4n5-c4ccccc4)ccc32)cc1. The highest BCUT2D eigenvalue weighted by atomic mass is 32.1. The van der Waals surface area contributed by atoms with Crippen molar-refractivity contribution in [3.05, 3.63) is 182 Å². The van der Waals surface area contributed by atoms with Crippen LogP contribution in [-0.2, 0) is 0 Å². The number of rotatable bonds is 4. The van der Waals surface area contributed by atoms with Crippen LogP contribution in [-0.4, -0.2) is 9.13 Å². The summed E-state index contributed by atoms with van der Waals surface area (Å²) in [6.45, 7) is 0. The molecular weight excluding hydrogens is 637 g/mol. The maximum atomic E-state index is 2.41. The Morgan fingerprint density at radius 2 is 0.686 bits per heavy atom. The fourth-order valence-electron chi connectivity index (χ4n) is 8.15. The molecule has 0 saturated carbocycles. The summed E-state index contributed by atoms with van der Waals surface area (Å²) in [5.41, 5.74) is 12.1. The molecule has 0 radical (unpaired) electrons. The first-order valence-corrected chi connectivity index (χ1v) is 18.2. The predicted octanol–water partition coefficient (Wildman–Crippen LogP) is 13.6. The zero-order valence-corrected chi connectivity index (χ0v) is 28.4. The van der Waals surface area contributed by atoms with Crippen molar-refractivity contribution in [1.29, 1.82) is 0 Å². The van der Waals surface area contributed by atoms with Gasteiger partial charge in [-0.25, -0.2) is 0 Å². The lowest BCUT2D eigenvalue weighted by Crippen LogP contribution is -1.93. The Balaban J connectivity index is 1.11. The number of benzene rings is 8. The number of thiophene rings is 1. The second kappa shape index (κ2) is 11.0. The lowest BCUT2D eigenvalue weighted by Gasteiger charge is -2.09. The first-order chi connectivity index (χ1) is 25.3. The first-order valence-electron chi connectivity index (χ1n) is 17.4. The second-order valence-corrected chi connectivity index (χ2v) is 14.4. The molecule has 11 rings (SSSR count). The highest BCUT2D eigenvalue weighted by Crippen LogP contribution is 2.41. The fraction of sp³-hybridized carbons (Fsp3) is 0. The molecular formula is C48H30N2S. The quantitative estimate of drug-likeness (QED) is 0.177. The van der Waals surface area contributed by atoms with Gasteiger partial charge in [0.25, 0.3) is 0 Å². The van der Waals surface area contributed by atoms with Gasteiger partial charge in [0, 0.05) is 53.1 Å². The zero-order chi connectivity index (χ0) is 33.5. The van der Waals surface area contributed by atoms with Crippen LogP contribution < -0.4 is 0 Å². The van der Waals surface area contributed by atoms with Gasteiger partial charge in [-0.1, -0.05) is 103 Å². The van der Waals surface area contributed by atoms with E-state index < -0.39 is 0 Å². The number of fused-ring (bicyclic) bond motifs is 9. The monoisotopic (exact) mass is 666 g/mol. The largest absolute Gasteiger partial charge is 0.309 e. The summed E-state index contributed by atoms with van der Waals surface area (Å²) in [5.74, 6) is 0. The van der Waals surface area contributed by atoms with Crippen molar-refractivity contribution in [3.63, 3.8) is 0 Å². The van der Waals surface area contributed by atoms with Crippen LogP contribution in [0, 0.1) is 0 Å². The normalized spacial score (nSPS) is 11.9. The van der Waals surface area contributed by atoms with Gasteiger partial charge in [-0.2, -0.15) is 0 Å². The van der Waals surface area contributed by atoms with Crippen molar-refractivity contribution in [2.24, 2.45) is 0 Å². The van der Waals surface area contributed by atoms with E-state index in [4.69, 9.17) is 0 Å². The van der Waals surface area contributed by atoms with Gasteiger partial charge in [0.05, 0.1) is 22.1 Å². The Morgan fingerprint density at radius 3 is 1.27 bits per heavy atom. The standard InChI is InChI=1S/C48H30N2S/c1-3-11-35(12-4-1)49-43-17-9-7-15-37(43)40-27-31(20-24-44(40)49)32-21-25-45-41(28-32)42-29-33(22-26-46(42)50(45)36-13-5-2-6-14-36)34-19-23-39-38-16-8-10-18-47(38)51-48(39)30-34/h1-30H. The van der Waals surface area contributed by atoms with Crippen LogP contribution in [0.5, 0.6) is 0 Å². The van der Waals surface area contributed by atoms with Crippen molar-refractivity contribution >= 4 is 75.1 Å². The Kier molecular flexibility index (Phi) is 6.16. The van der Waals surface area contributed by atoms with Gasteiger partial charge < -0.3 is 9.13 Å². The maximum Gasteiger partial charge on any atom is 0.0541 e. The fourth-order valence-corrected chi connectivity index (χ4v) is 9.30. The molecule has 0 aliphatic rings. The molecule has 0 fully saturated rings. The average molecular weight is 667 g/mol. The molecule has 0 unspecified atom stereocenters. The van der Waals surface area contributed by atoms with E-state index in [9.17, 15) is 0 Å². The Morgan fingerprint density at radius 1 is 0.275 bits per heavy atom. The highest BCUT2D eigenvalue weighted by Gasteiger charge is 2.17. The molecule has 8 aromatic carbocycles. The van der Waals surface area contributed by atoms with Gasteiger partial charge in [0.15, 0.2) is 0 Å². The molecule has 3 aromatic heterocycles. The molecule has 3 heterocycles. The minimum Gasteiger partial charge on any atom is -0.309 e. The van der Waals surface area contributed by atoms with Crippen LogP contribution in [0.4, 0.5) is 0 Å². The van der Waals surface area contributed by atoms with Crippen LogP contribution in [0.25, 0.3) is 97.4 Å². The van der Waals surface area contributed by atoms with E-state index in [2.05, 4.69) is 191 Å². The molecule has 0 aliphatic carbocycles. The predicted molar refractivity (Wildman–Crippen MR) is 219 cm³/mol. The zero-order valence-electron chi connectivity index (χ0n) is 27.6. The van der Waals surface area contributed by atoms with Gasteiger partial charge in [-0.15, -0.1) is 11.3 Å². The third-order valence-electron chi connectivity index (χ3n) is 10.5. The summed E-state index contributed by atoms with van der Waals surface area (Å²) in [6, 6.07) is 66.7. The van der Waals surface area contributed by atoms with Gasteiger partial charge in [-0.05, 0) is 101 Å². The number of hydrogen-bond acceptors (Lipinski definition) is 1. The third-order valence-corrected chi connectivity index (χ3v) is 11.6. The van der Waals surface area contributed by atoms with Crippen molar-refractivity contribution in [2.45, 2.75) is 0 Å². The smallest absolute Gasteiger partial charge is 0.0541 e. The second-order valence-electron chi connectivity index (χ2n) is 13.4. The molecule has 3 heteroatoms. The number of para-hydroxylation sites is 3. The lowest BCUT2D eigenvalue weighted by atomic mass is 9.99. The van der Waals surface area contributed by atoms with Crippen molar-refractivity contribution in [3.8, 4) is 33.6 Å². The minimum atomic E-state index is 1.17. The summed E-state index contributed by atoms with van der Waals surface area (Å²) in [7, 11) is 0. The molecule has 0 bridgehead atoms. The summed E-state index contributed by atoms with van der Waals surface area (Å²) in [6.07, 6.45) is 0. The van der Waals surface area contributed by atoms with Gasteiger partial charge in [0.2, 0.25) is 0 Å². The van der Waals surface area contributed by atoms with Gasteiger partial charge in [-0.3, -0.25) is 0 Å². The molecule has 0 saturated heterocycles. The van der Waals surface area contributed by atoms with Gasteiger partial charge >= 0.3 is 0 Å². The van der Waals surface area contributed by atoms with Crippen LogP contribution in [0.2, 0.25) is 0 Å². The van der Waals surface area contributed by atoms with E-state index in [0.717, 1.165) is 0 Å². The van der Waals surface area contributed by atoms with E-state index in [1.807, 2.05) is 11.3 Å². The first kappa shape index (κ1) is 28.4. The van der Waals surface area contributed by atoms with E-state index in [1.54, 1.807) is 0 Å². The van der Waals surface area contributed by atoms with E-state index in [1.165, 1.54) is 97.4 Å². The average Bonchev–Trinajstić information content (AvgIpc) is 3.85. The number of nitrogens with zero attached hydrogens (tertiary/aromatic N) is 2. The molecule has 238 valence electrons. The summed E-state index contributed by atoms with van der Waals surface area (Å²) < 4.78 is 7.44. The summed E-state index contributed by atoms with van der Waals surface area (Å²) in [5, 5.41) is 7.70. The molecule has 0 aliphatic heterocycles. The molecule has 11 aromatic rings. The lowest BCUT2D eigenvalue weighted by molar-refractivity contribution is 1.18. The van der Waals surface area contributed by atoms with Crippen molar-refractivity contribution in [2.75, 3.05) is 0 Å². The number of aromatic nitrogens is 2. The van der Waals surface area contributed by atoms with Crippen LogP contribution in [0.3, 0.4) is 0 Å². The molecule has 0 amide bonds. The highest BCUT2D eigenvalue weighted by molar-refractivity contribution is 7.25. The molecule has 0 atom stereocenters. The third kappa shape index (κ3) is 4.35. The maximum absolute atomic E-state index is 2.41. The molecule has 51 heavy (non-hydrogen) atoms.